The van der Waals surface area contributed by atoms with Crippen LogP contribution in [0.5, 0.6) is 11.5 Å². The first-order valence-corrected chi connectivity index (χ1v) is 16.2. The number of amides is 4. The fraction of sp³-hybridized carbons (Fsp3) is 0.0500. The van der Waals surface area contributed by atoms with Crippen molar-refractivity contribution in [1.82, 2.24) is 0 Å². The predicted molar refractivity (Wildman–Crippen MR) is 198 cm³/mol. The van der Waals surface area contributed by atoms with Crippen LogP contribution in [-0.2, 0) is 9.59 Å². The smallest absolute Gasteiger partial charge is 0.255 e. The van der Waals surface area contributed by atoms with Gasteiger partial charge in [0.25, 0.3) is 11.8 Å². The van der Waals surface area contributed by atoms with E-state index in [2.05, 4.69) is 21.3 Å². The molecule has 0 radical (unpaired) electrons. The Morgan fingerprint density at radius 1 is 0.549 bits per heavy atom. The van der Waals surface area contributed by atoms with Crippen molar-refractivity contribution in [2.45, 2.75) is 6.42 Å². The zero-order valence-electron chi connectivity index (χ0n) is 27.0. The zero-order chi connectivity index (χ0) is 35.6. The number of anilines is 4. The molecule has 51 heavy (non-hydrogen) atoms. The number of carbonyl (C=O) groups excluding carboxylic acids is 4. The van der Waals surface area contributed by atoms with Crippen LogP contribution < -0.4 is 30.7 Å². The maximum atomic E-state index is 13.2. The largest absolute Gasteiger partial charge is 0.454 e. The molecule has 0 aromatic heterocycles. The first-order valence-electron chi connectivity index (χ1n) is 15.8. The number of fused-ring (bicyclic) bond motifs is 1. The highest BCUT2D eigenvalue weighted by Crippen LogP contribution is 2.37. The Morgan fingerprint density at radius 3 is 1.61 bits per heavy atom. The molecule has 5 aromatic carbocycles. The number of carbonyl (C=O) groups is 4. The Balaban J connectivity index is 1.13. The molecule has 0 fully saturated rings. The van der Waals surface area contributed by atoms with Crippen molar-refractivity contribution >= 4 is 63.0 Å². The van der Waals surface area contributed by atoms with Crippen molar-refractivity contribution in [3.63, 3.8) is 0 Å². The second-order valence-corrected chi connectivity index (χ2v) is 11.6. The van der Waals surface area contributed by atoms with Crippen molar-refractivity contribution in [2.75, 3.05) is 28.1 Å². The minimum atomic E-state index is -0.478. The van der Waals surface area contributed by atoms with Gasteiger partial charge in [-0.3, -0.25) is 19.2 Å². The summed E-state index contributed by atoms with van der Waals surface area (Å²) in [5.74, 6) is -0.369. The lowest BCUT2D eigenvalue weighted by atomic mass is 10.1. The number of hydrogen-bond acceptors (Lipinski definition) is 6. The number of ether oxygens (including phenoxy) is 2. The summed E-state index contributed by atoms with van der Waals surface area (Å²) in [6, 6.07) is 36.2. The molecule has 0 aliphatic carbocycles. The highest BCUT2D eigenvalue weighted by molar-refractivity contribution is 6.49. The summed E-state index contributed by atoms with van der Waals surface area (Å²) in [4.78, 5) is 51.4. The van der Waals surface area contributed by atoms with Crippen molar-refractivity contribution in [1.29, 1.82) is 0 Å². The standard InChI is InChI=1S/C40H31ClN4O6/c41-38(28-15-21-34-35(23-28)51-25-50-34)29(24-37(47)43-33-19-13-27(14-20-33)40(49)45-31-9-5-2-6-10-31)16-22-36(46)42-32-17-11-26(12-18-32)39(48)44-30-7-3-1-4-8-30/h1-23H,24-25H2,(H,42,46)(H,43,47)(H,44,48)(H,45,49)/b22-16+,38-29-. The number of nitrogens with one attached hydrogen (secondary N) is 4. The van der Waals surface area contributed by atoms with Gasteiger partial charge in [0.2, 0.25) is 18.6 Å². The molecule has 4 amide bonds. The van der Waals surface area contributed by atoms with Gasteiger partial charge in [-0.2, -0.15) is 0 Å². The molecule has 0 unspecified atom stereocenters. The molecule has 1 aliphatic heterocycles. The lowest BCUT2D eigenvalue weighted by molar-refractivity contribution is -0.115. The summed E-state index contributed by atoms with van der Waals surface area (Å²) in [5, 5.41) is 11.4. The molecule has 1 aliphatic rings. The monoisotopic (exact) mass is 698 g/mol. The van der Waals surface area contributed by atoms with Crippen LogP contribution in [0.2, 0.25) is 0 Å². The maximum absolute atomic E-state index is 13.2. The fourth-order valence-electron chi connectivity index (χ4n) is 5.03. The van der Waals surface area contributed by atoms with Gasteiger partial charge < -0.3 is 30.7 Å². The van der Waals surface area contributed by atoms with Gasteiger partial charge in [-0.25, -0.2) is 0 Å². The third kappa shape index (κ3) is 9.28. The minimum Gasteiger partial charge on any atom is -0.454 e. The van der Waals surface area contributed by atoms with E-state index in [1.54, 1.807) is 91.0 Å². The minimum absolute atomic E-state index is 0.0842. The molecule has 0 saturated carbocycles. The van der Waals surface area contributed by atoms with Crippen LogP contribution in [0.1, 0.15) is 32.7 Å². The molecule has 5 aromatic rings. The van der Waals surface area contributed by atoms with E-state index in [1.165, 1.54) is 12.2 Å². The van der Waals surface area contributed by atoms with Crippen LogP contribution in [0.4, 0.5) is 22.7 Å². The number of rotatable bonds is 11. The van der Waals surface area contributed by atoms with Crippen LogP contribution in [-0.4, -0.2) is 30.4 Å². The van der Waals surface area contributed by atoms with Crippen molar-refractivity contribution in [3.8, 4) is 11.5 Å². The number of benzene rings is 5. The lowest BCUT2D eigenvalue weighted by Gasteiger charge is -2.11. The summed E-state index contributed by atoms with van der Waals surface area (Å²) in [6.07, 6.45) is 2.56. The van der Waals surface area contributed by atoms with E-state index >= 15 is 0 Å². The third-order valence-electron chi connectivity index (χ3n) is 7.60. The first kappa shape index (κ1) is 34.2. The molecule has 10 nitrogen and oxygen atoms in total. The highest BCUT2D eigenvalue weighted by atomic mass is 35.5. The first-order chi connectivity index (χ1) is 24.8. The van der Waals surface area contributed by atoms with Gasteiger partial charge in [0.1, 0.15) is 0 Å². The van der Waals surface area contributed by atoms with Gasteiger partial charge >= 0.3 is 0 Å². The molecule has 254 valence electrons. The molecular weight excluding hydrogens is 668 g/mol. The Kier molecular flexibility index (Phi) is 10.8. The van der Waals surface area contributed by atoms with Gasteiger partial charge in [0.15, 0.2) is 11.5 Å². The molecule has 0 spiro atoms. The van der Waals surface area contributed by atoms with Gasteiger partial charge in [-0.05, 0) is 102 Å². The van der Waals surface area contributed by atoms with Gasteiger partial charge in [0.05, 0.1) is 11.5 Å². The SMILES string of the molecule is O=C(/C=C/C(CC(=O)Nc1ccc(C(=O)Nc2ccccc2)cc1)=C(/Cl)c1ccc2c(c1)OCO2)Nc1ccc(C(=O)Nc2ccccc2)cc1. The number of para-hydroxylation sites is 2. The van der Waals surface area contributed by atoms with E-state index in [-0.39, 0.29) is 30.1 Å². The topological polar surface area (TPSA) is 135 Å². The number of halogens is 1. The van der Waals surface area contributed by atoms with E-state index < -0.39 is 11.8 Å². The normalized spacial score (nSPS) is 12.1. The molecule has 6 rings (SSSR count). The maximum Gasteiger partial charge on any atom is 0.255 e. The van der Waals surface area contributed by atoms with E-state index in [0.717, 1.165) is 0 Å². The molecule has 1 heterocycles. The third-order valence-corrected chi connectivity index (χ3v) is 8.06. The summed E-state index contributed by atoms with van der Waals surface area (Å²) in [5.41, 5.74) is 4.03. The van der Waals surface area contributed by atoms with Crippen LogP contribution in [0.25, 0.3) is 5.03 Å². The molecule has 0 atom stereocenters. The van der Waals surface area contributed by atoms with Crippen molar-refractivity contribution < 1.29 is 28.7 Å². The van der Waals surface area contributed by atoms with Crippen molar-refractivity contribution in [3.05, 3.63) is 162 Å². The zero-order valence-corrected chi connectivity index (χ0v) is 27.8. The Bertz CT molecular complexity index is 2120. The Morgan fingerprint density at radius 2 is 1.04 bits per heavy atom. The van der Waals surface area contributed by atoms with Gasteiger partial charge in [0, 0.05) is 40.0 Å². The Hall–Kier alpha value is -6.65. The summed E-state index contributed by atoms with van der Waals surface area (Å²) in [7, 11) is 0. The van der Waals surface area contributed by atoms with Gasteiger partial charge in [-0.1, -0.05) is 54.1 Å². The average Bonchev–Trinajstić information content (AvgIpc) is 3.63. The Labute approximate surface area is 298 Å². The van der Waals surface area contributed by atoms with Crippen LogP contribution in [0.3, 0.4) is 0 Å². The fourth-order valence-corrected chi connectivity index (χ4v) is 5.27. The van der Waals surface area contributed by atoms with E-state index in [1.807, 2.05) is 36.4 Å². The molecule has 4 N–H and O–H groups in total. The summed E-state index contributed by atoms with van der Waals surface area (Å²) in [6.45, 7) is 0.0842. The van der Waals surface area contributed by atoms with E-state index in [9.17, 15) is 19.2 Å². The summed E-state index contributed by atoms with van der Waals surface area (Å²) < 4.78 is 10.9. The predicted octanol–water partition coefficient (Wildman–Crippen LogP) is 8.09. The molecular formula is C40H31ClN4O6. The number of allylic oxidation sites excluding steroid dienone is 1. The average molecular weight is 699 g/mol. The lowest BCUT2D eigenvalue weighted by Crippen LogP contribution is -2.14. The number of hydrogen-bond donors (Lipinski definition) is 4. The van der Waals surface area contributed by atoms with E-state index in [4.69, 9.17) is 21.1 Å². The highest BCUT2D eigenvalue weighted by Gasteiger charge is 2.17. The second kappa shape index (κ2) is 16.2. The van der Waals surface area contributed by atoms with Gasteiger partial charge in [-0.15, -0.1) is 0 Å². The van der Waals surface area contributed by atoms with Crippen LogP contribution in [0, 0.1) is 0 Å². The van der Waals surface area contributed by atoms with E-state index in [0.29, 0.717) is 56.5 Å². The molecule has 0 saturated heterocycles. The second-order valence-electron chi connectivity index (χ2n) is 11.2. The quantitative estimate of drug-likeness (QED) is 0.0814. The van der Waals surface area contributed by atoms with Crippen LogP contribution >= 0.6 is 11.6 Å². The van der Waals surface area contributed by atoms with Crippen molar-refractivity contribution in [2.24, 2.45) is 0 Å². The van der Waals surface area contributed by atoms with Crippen LogP contribution in [0.15, 0.2) is 145 Å². The molecule has 11 heteroatoms. The molecule has 0 bridgehead atoms. The summed E-state index contributed by atoms with van der Waals surface area (Å²) >= 11 is 6.83.